The van der Waals surface area contributed by atoms with Crippen molar-refractivity contribution in [3.05, 3.63) is 86.9 Å². The number of halogens is 1. The number of unbranched alkanes of at least 4 members (excludes halogenated alkanes) is 1. The van der Waals surface area contributed by atoms with Gasteiger partial charge in [-0.25, -0.2) is 19.0 Å². The molecule has 19 heteroatoms. The van der Waals surface area contributed by atoms with E-state index in [1.54, 1.807) is 42.7 Å². The van der Waals surface area contributed by atoms with Crippen LogP contribution >= 0.6 is 22.7 Å². The first-order valence-corrected chi connectivity index (χ1v) is 32.2. The number of methoxy groups -OCH3 is 1. The van der Waals surface area contributed by atoms with E-state index in [4.69, 9.17) is 38.4 Å². The molecule has 0 aliphatic carbocycles. The van der Waals surface area contributed by atoms with E-state index in [2.05, 4.69) is 75.3 Å². The summed E-state index contributed by atoms with van der Waals surface area (Å²) in [6, 6.07) is 16.0. The smallest absolute Gasteiger partial charge is 0.410 e. The van der Waals surface area contributed by atoms with Crippen molar-refractivity contribution >= 4 is 84.2 Å². The van der Waals surface area contributed by atoms with Crippen molar-refractivity contribution in [2.45, 2.75) is 130 Å². The SMILES string of the molecule is COC(=O)c1nc(N(CCCCO[Si](C)(C)C(C)(C)C)c2cc(C)c(/N=c3\sc4ccccc4n3COCC[Si](C)(C)C)nn2)sc1CCCOc1ccc(/C=C/CN(C)C(=O)OC(C)(C)C)cc1F. The third-order valence-corrected chi connectivity index (χ3v) is 20.2. The van der Waals surface area contributed by atoms with Gasteiger partial charge < -0.3 is 33.2 Å². The van der Waals surface area contributed by atoms with Gasteiger partial charge in [-0.2, -0.15) is 4.99 Å². The minimum Gasteiger partial charge on any atom is -0.491 e. The van der Waals surface area contributed by atoms with Gasteiger partial charge in [-0.1, -0.05) is 82.1 Å². The molecule has 0 unspecified atom stereocenters. The lowest BCUT2D eigenvalue weighted by Crippen LogP contribution is -2.41. The number of carbonyl (C=O) groups excluding carboxylic acids is 2. The van der Waals surface area contributed by atoms with Crippen LogP contribution in [0, 0.1) is 12.7 Å². The van der Waals surface area contributed by atoms with Gasteiger partial charge in [0.1, 0.15) is 12.3 Å². The van der Waals surface area contributed by atoms with E-state index in [0.717, 1.165) is 39.5 Å². The normalized spacial score (nSPS) is 12.8. The molecule has 0 spiro atoms. The number of anilines is 2. The average Bonchev–Trinajstić information content (AvgIpc) is 3.85. The Hall–Kier alpha value is -4.80. The molecule has 0 N–H and O–H groups in total. The first-order valence-electron chi connectivity index (χ1n) is 23.9. The number of likely N-dealkylation sites (N-methyl/N-ethyl adjacent to an activating group) is 1. The molecule has 0 saturated heterocycles. The Morgan fingerprint density at radius 3 is 2.34 bits per heavy atom. The number of hydrogen-bond acceptors (Lipinski definition) is 14. The second-order valence-corrected chi connectivity index (χ2v) is 33.6. The molecule has 70 heavy (non-hydrogen) atoms. The van der Waals surface area contributed by atoms with Crippen molar-refractivity contribution in [2.24, 2.45) is 4.99 Å². The number of fused-ring (bicyclic) bond motifs is 1. The van der Waals surface area contributed by atoms with E-state index >= 15 is 4.39 Å². The molecular weight excluding hydrogens is 962 g/mol. The van der Waals surface area contributed by atoms with Gasteiger partial charge in [0.2, 0.25) is 0 Å². The zero-order chi connectivity index (χ0) is 51.4. The van der Waals surface area contributed by atoms with E-state index in [0.29, 0.717) is 73.1 Å². The van der Waals surface area contributed by atoms with Crippen LogP contribution in [0.1, 0.15) is 87.3 Å². The fourth-order valence-electron chi connectivity index (χ4n) is 6.58. The van der Waals surface area contributed by atoms with Crippen LogP contribution in [0.25, 0.3) is 16.3 Å². The summed E-state index contributed by atoms with van der Waals surface area (Å²) in [6.45, 7) is 28.4. The van der Waals surface area contributed by atoms with Gasteiger partial charge in [0.15, 0.2) is 47.1 Å². The van der Waals surface area contributed by atoms with Crippen molar-refractivity contribution in [1.82, 2.24) is 24.6 Å². The van der Waals surface area contributed by atoms with Gasteiger partial charge in [-0.3, -0.25) is 4.57 Å². The number of aryl methyl sites for hydroxylation is 2. The van der Waals surface area contributed by atoms with Crippen molar-refractivity contribution in [1.29, 1.82) is 0 Å². The number of esters is 1. The van der Waals surface area contributed by atoms with Gasteiger partial charge in [-0.15, -0.1) is 21.5 Å². The molecule has 0 radical (unpaired) electrons. The van der Waals surface area contributed by atoms with Crippen LogP contribution in [-0.4, -0.2) is 106 Å². The maximum atomic E-state index is 15.2. The summed E-state index contributed by atoms with van der Waals surface area (Å²) in [7, 11) is -0.215. The summed E-state index contributed by atoms with van der Waals surface area (Å²) in [6.07, 6.45) is 5.55. The third-order valence-electron chi connectivity index (χ3n) is 11.7. The molecule has 0 fully saturated rings. The topological polar surface area (TPSA) is 143 Å². The standard InChI is InChI=1S/C51H74FN7O7S2Si2/c1-36-33-43(55-56-45(36)54-48-59(35-63-31-32-69(10,11)12)39-22-15-16-23-41(39)67-48)58(28-17-18-30-65-70(13,14)51(5,6)7)47-53-44(46(60)62-9)42(68-47)24-20-29-64-40-26-25-37(34-38(40)52)21-19-27-57(8)49(61)66-50(2,3)4/h15-16,19,21-23,25-26,33-34H,17-18,20,24,27-32,35H2,1-14H3/b21-19+,54-48-. The lowest BCUT2D eigenvalue weighted by Gasteiger charge is -2.36. The molecule has 0 aliphatic rings. The Morgan fingerprint density at radius 2 is 1.67 bits per heavy atom. The molecule has 2 aromatic carbocycles. The number of amides is 1. The van der Waals surface area contributed by atoms with Crippen LogP contribution in [0.5, 0.6) is 5.75 Å². The second-order valence-electron chi connectivity index (χ2n) is 21.1. The quantitative estimate of drug-likeness (QED) is 0.0350. The number of para-hydroxylation sites is 1. The van der Waals surface area contributed by atoms with Gasteiger partial charge in [0.25, 0.3) is 0 Å². The Kier molecular flexibility index (Phi) is 19.7. The van der Waals surface area contributed by atoms with Crippen LogP contribution < -0.4 is 14.4 Å². The van der Waals surface area contributed by atoms with Crippen molar-refractivity contribution < 1.29 is 37.4 Å². The maximum Gasteiger partial charge on any atom is 0.410 e. The second kappa shape index (κ2) is 24.6. The van der Waals surface area contributed by atoms with E-state index in [9.17, 15) is 9.59 Å². The number of carbonyl (C=O) groups is 2. The molecule has 0 saturated carbocycles. The first-order chi connectivity index (χ1) is 32.9. The van der Waals surface area contributed by atoms with Gasteiger partial charge in [-0.05, 0) is 119 Å². The van der Waals surface area contributed by atoms with E-state index in [1.165, 1.54) is 29.4 Å². The Bertz CT molecular complexity index is 2650. The largest absolute Gasteiger partial charge is 0.491 e. The number of hydrogen-bond donors (Lipinski definition) is 0. The Balaban J connectivity index is 1.35. The molecule has 3 aromatic heterocycles. The molecular formula is C51H74FN7O7S2Si2. The third kappa shape index (κ3) is 16.4. The number of aromatic nitrogens is 4. The molecule has 14 nitrogen and oxygen atoms in total. The van der Waals surface area contributed by atoms with Crippen LogP contribution in [-0.2, 0) is 31.8 Å². The van der Waals surface area contributed by atoms with Gasteiger partial charge in [0, 0.05) is 46.3 Å². The zero-order valence-corrected chi connectivity index (χ0v) is 47.4. The van der Waals surface area contributed by atoms with Crippen molar-refractivity contribution in [3.8, 4) is 5.75 Å². The lowest BCUT2D eigenvalue weighted by atomic mass is 10.2. The molecule has 5 rings (SSSR count). The Labute approximate surface area is 424 Å². The summed E-state index contributed by atoms with van der Waals surface area (Å²) in [5.74, 6) is 0.121. The van der Waals surface area contributed by atoms with Crippen LogP contribution in [0.4, 0.5) is 26.0 Å². The summed E-state index contributed by atoms with van der Waals surface area (Å²) in [5.41, 5.74) is 2.11. The minimum atomic E-state index is -1.93. The molecule has 0 atom stereocenters. The highest BCUT2D eigenvalue weighted by atomic mass is 32.1. The zero-order valence-electron chi connectivity index (χ0n) is 43.7. The fourth-order valence-corrected chi connectivity index (χ4v) is 10.6. The van der Waals surface area contributed by atoms with E-state index in [-0.39, 0.29) is 23.1 Å². The fraction of sp³-hybridized carbons (Fsp3) is 0.529. The summed E-state index contributed by atoms with van der Waals surface area (Å²) in [5, 5.41) is 10.1. The first kappa shape index (κ1) is 56.1. The van der Waals surface area contributed by atoms with Crippen LogP contribution in [0.3, 0.4) is 0 Å². The highest BCUT2D eigenvalue weighted by Gasteiger charge is 2.37. The molecule has 0 bridgehead atoms. The summed E-state index contributed by atoms with van der Waals surface area (Å²) >= 11 is 2.97. The maximum absolute atomic E-state index is 15.2. The number of ether oxygens (including phenoxy) is 4. The summed E-state index contributed by atoms with van der Waals surface area (Å²) in [4.78, 5) is 40.3. The molecule has 1 amide bonds. The summed E-state index contributed by atoms with van der Waals surface area (Å²) < 4.78 is 47.6. The predicted octanol–water partition coefficient (Wildman–Crippen LogP) is 12.6. The molecule has 3 heterocycles. The number of nitrogens with zero attached hydrogens (tertiary/aromatic N) is 7. The van der Waals surface area contributed by atoms with Crippen LogP contribution in [0.15, 0.2) is 59.6 Å². The van der Waals surface area contributed by atoms with Gasteiger partial charge >= 0.3 is 12.1 Å². The highest BCUT2D eigenvalue weighted by molar-refractivity contribution is 7.16. The Morgan fingerprint density at radius 1 is 0.929 bits per heavy atom. The molecule has 382 valence electrons. The van der Waals surface area contributed by atoms with Crippen LogP contribution in [0.2, 0.25) is 43.8 Å². The lowest BCUT2D eigenvalue weighted by molar-refractivity contribution is 0.0317. The van der Waals surface area contributed by atoms with E-state index < -0.39 is 39.9 Å². The minimum absolute atomic E-state index is 0.0991. The van der Waals surface area contributed by atoms with E-state index in [1.807, 2.05) is 50.8 Å². The van der Waals surface area contributed by atoms with Crippen molar-refractivity contribution in [3.63, 3.8) is 0 Å². The number of thiazole rings is 2. The molecule has 5 aromatic rings. The average molecular weight is 1040 g/mol. The predicted molar refractivity (Wildman–Crippen MR) is 287 cm³/mol. The van der Waals surface area contributed by atoms with Crippen molar-refractivity contribution in [2.75, 3.05) is 52.0 Å². The molecule has 0 aliphatic heterocycles. The number of benzene rings is 2. The highest BCUT2D eigenvalue weighted by Crippen LogP contribution is 2.37. The monoisotopic (exact) mass is 1040 g/mol. The number of rotatable bonds is 23. The van der Waals surface area contributed by atoms with Gasteiger partial charge in [0.05, 0.1) is 23.9 Å².